The Balaban J connectivity index is 1.44. The first kappa shape index (κ1) is 21.4. The molecule has 0 bridgehead atoms. The lowest BCUT2D eigenvalue weighted by Crippen LogP contribution is -2.69. The molecular weight excluding hydrogens is 387 g/mol. The van der Waals surface area contributed by atoms with E-state index in [-0.39, 0.29) is 35.3 Å². The molecule has 2 aliphatic carbocycles. The van der Waals surface area contributed by atoms with Gasteiger partial charge in [-0.05, 0) is 71.0 Å². The van der Waals surface area contributed by atoms with E-state index in [9.17, 15) is 4.79 Å². The van der Waals surface area contributed by atoms with E-state index in [4.69, 9.17) is 23.2 Å². The molecule has 9 heteroatoms. The van der Waals surface area contributed by atoms with Crippen molar-refractivity contribution in [2.75, 3.05) is 20.1 Å². The zero-order valence-corrected chi connectivity index (χ0v) is 17.6. The monoisotopic (exact) mass is 420 g/mol. The van der Waals surface area contributed by atoms with Crippen molar-refractivity contribution in [3.8, 4) is 0 Å². The molecule has 0 aromatic heterocycles. The van der Waals surface area contributed by atoms with Crippen molar-refractivity contribution in [1.82, 2.24) is 31.9 Å². The molecule has 0 aromatic carbocycles. The molecule has 1 heterocycles. The van der Waals surface area contributed by atoms with Crippen molar-refractivity contribution >= 4 is 29.2 Å². The summed E-state index contributed by atoms with van der Waals surface area (Å²) in [5.74, 6) is 0.733. The molecular formula is C18H34Cl2N6O. The molecule has 3 rings (SSSR count). The average molecular weight is 421 g/mol. The fourth-order valence-corrected chi connectivity index (χ4v) is 4.59. The molecule has 0 aromatic rings. The number of halogens is 2. The second-order valence-corrected chi connectivity index (χ2v) is 9.19. The first-order valence-electron chi connectivity index (χ1n) is 10.3. The minimum Gasteiger partial charge on any atom is -0.335 e. The van der Waals surface area contributed by atoms with Crippen LogP contribution in [0.25, 0.3) is 0 Å². The molecule has 27 heavy (non-hydrogen) atoms. The lowest BCUT2D eigenvalue weighted by atomic mass is 9.95. The third-order valence-electron chi connectivity index (χ3n) is 5.73. The van der Waals surface area contributed by atoms with Crippen LogP contribution in [0.15, 0.2) is 0 Å². The highest BCUT2D eigenvalue weighted by Crippen LogP contribution is 2.35. The van der Waals surface area contributed by atoms with E-state index in [2.05, 4.69) is 31.9 Å². The third-order valence-corrected chi connectivity index (χ3v) is 6.86. The highest BCUT2D eigenvalue weighted by molar-refractivity contribution is 6.30. The highest BCUT2D eigenvalue weighted by atomic mass is 35.5. The van der Waals surface area contributed by atoms with Gasteiger partial charge in [0, 0.05) is 12.1 Å². The Morgan fingerprint density at radius 3 is 2.52 bits per heavy atom. The highest BCUT2D eigenvalue weighted by Gasteiger charge is 2.38. The lowest BCUT2D eigenvalue weighted by Gasteiger charge is -2.39. The van der Waals surface area contributed by atoms with E-state index in [1.807, 2.05) is 7.05 Å². The van der Waals surface area contributed by atoms with Gasteiger partial charge in [-0.15, -0.1) is 23.2 Å². The van der Waals surface area contributed by atoms with Gasteiger partial charge < -0.3 is 21.3 Å². The third kappa shape index (κ3) is 6.91. The minimum absolute atomic E-state index is 0.00324. The molecule has 1 saturated heterocycles. The van der Waals surface area contributed by atoms with Gasteiger partial charge in [0.2, 0.25) is 0 Å². The fraction of sp³-hybridized carbons (Fsp3) is 0.944. The van der Waals surface area contributed by atoms with Crippen LogP contribution in [0.1, 0.15) is 44.9 Å². The number of hydrogen-bond acceptors (Lipinski definition) is 5. The number of nitrogens with one attached hydrogen (secondary N) is 6. The summed E-state index contributed by atoms with van der Waals surface area (Å²) < 4.78 is 0. The van der Waals surface area contributed by atoms with E-state index in [0.717, 1.165) is 51.1 Å². The summed E-state index contributed by atoms with van der Waals surface area (Å²) >= 11 is 12.4. The van der Waals surface area contributed by atoms with Gasteiger partial charge in [0.25, 0.3) is 0 Å². The van der Waals surface area contributed by atoms with Crippen molar-refractivity contribution in [1.29, 1.82) is 0 Å². The Morgan fingerprint density at radius 1 is 1.00 bits per heavy atom. The van der Waals surface area contributed by atoms with E-state index in [1.165, 1.54) is 12.8 Å². The maximum Gasteiger partial charge on any atom is 0.317 e. The van der Waals surface area contributed by atoms with Gasteiger partial charge >= 0.3 is 6.03 Å². The Morgan fingerprint density at radius 2 is 1.81 bits per heavy atom. The summed E-state index contributed by atoms with van der Waals surface area (Å²) in [6.07, 6.45) is 7.08. The number of carbonyl (C=O) groups is 1. The quantitative estimate of drug-likeness (QED) is 0.262. The van der Waals surface area contributed by atoms with Gasteiger partial charge in [0.05, 0.1) is 16.9 Å². The smallest absolute Gasteiger partial charge is 0.317 e. The van der Waals surface area contributed by atoms with Gasteiger partial charge in [-0.1, -0.05) is 0 Å². The van der Waals surface area contributed by atoms with Crippen molar-refractivity contribution in [2.24, 2.45) is 5.92 Å². The van der Waals surface area contributed by atoms with Gasteiger partial charge in [-0.25, -0.2) is 4.79 Å². The summed E-state index contributed by atoms with van der Waals surface area (Å²) in [6, 6.07) is 0.366. The maximum absolute atomic E-state index is 12.5. The molecule has 6 N–H and O–H groups in total. The normalized spacial score (nSPS) is 37.0. The predicted molar refractivity (Wildman–Crippen MR) is 110 cm³/mol. The van der Waals surface area contributed by atoms with Crippen molar-refractivity contribution in [3.63, 3.8) is 0 Å². The molecule has 3 aliphatic rings. The van der Waals surface area contributed by atoms with E-state index < -0.39 is 0 Å². The topological polar surface area (TPSA) is 89.2 Å². The van der Waals surface area contributed by atoms with Crippen LogP contribution in [-0.4, -0.2) is 61.5 Å². The molecule has 3 fully saturated rings. The van der Waals surface area contributed by atoms with Crippen LogP contribution in [0.3, 0.4) is 0 Å². The zero-order chi connectivity index (χ0) is 19.2. The van der Waals surface area contributed by atoms with Crippen LogP contribution in [0.4, 0.5) is 4.79 Å². The van der Waals surface area contributed by atoms with Crippen LogP contribution >= 0.6 is 23.2 Å². The number of alkyl halides is 2. The standard InChI is InChI=1S/C18H34Cl2N6O/c1-21-7-2-8-22-16-10-15(11-3-4-11)24-17(25-16)26-18(27)23-12-5-6-13(19)14(20)9-12/h11-17,21-22,24-25H,2-10H2,1H3,(H2,23,26,27). The summed E-state index contributed by atoms with van der Waals surface area (Å²) in [7, 11) is 1.97. The van der Waals surface area contributed by atoms with Gasteiger partial charge in [-0.2, -0.15) is 0 Å². The Kier molecular flexibility index (Phi) is 8.29. The van der Waals surface area contributed by atoms with Gasteiger partial charge in [-0.3, -0.25) is 10.6 Å². The second-order valence-electron chi connectivity index (χ2n) is 8.07. The molecule has 6 unspecified atom stereocenters. The Labute approximate surface area is 172 Å². The second kappa shape index (κ2) is 10.5. The predicted octanol–water partition coefficient (Wildman–Crippen LogP) is 1.22. The van der Waals surface area contributed by atoms with Crippen LogP contribution in [-0.2, 0) is 0 Å². The van der Waals surface area contributed by atoms with Crippen molar-refractivity contribution in [3.05, 3.63) is 0 Å². The van der Waals surface area contributed by atoms with Crippen LogP contribution in [0.2, 0.25) is 0 Å². The molecule has 1 aliphatic heterocycles. The van der Waals surface area contributed by atoms with E-state index in [1.54, 1.807) is 0 Å². The molecule has 7 nitrogen and oxygen atoms in total. The summed E-state index contributed by atoms with van der Waals surface area (Å²) in [4.78, 5) is 12.5. The van der Waals surface area contributed by atoms with Crippen LogP contribution in [0, 0.1) is 5.92 Å². The first-order valence-corrected chi connectivity index (χ1v) is 11.2. The lowest BCUT2D eigenvalue weighted by molar-refractivity contribution is 0.171. The number of carbonyl (C=O) groups excluding carboxylic acids is 1. The minimum atomic E-state index is -0.234. The number of rotatable bonds is 8. The van der Waals surface area contributed by atoms with Crippen LogP contribution < -0.4 is 31.9 Å². The molecule has 2 saturated carbocycles. The number of hydrogen-bond donors (Lipinski definition) is 6. The average Bonchev–Trinajstić information content (AvgIpc) is 3.47. The summed E-state index contributed by atoms with van der Waals surface area (Å²) in [5, 5.41) is 19.8. The molecule has 0 radical (unpaired) electrons. The number of urea groups is 1. The molecule has 2 amide bonds. The largest absolute Gasteiger partial charge is 0.335 e. The molecule has 6 atom stereocenters. The maximum atomic E-state index is 12.5. The van der Waals surface area contributed by atoms with Crippen molar-refractivity contribution in [2.45, 2.75) is 80.2 Å². The number of amides is 2. The Hall–Kier alpha value is -0.310. The Bertz CT molecular complexity index is 481. The van der Waals surface area contributed by atoms with E-state index in [0.29, 0.717) is 6.04 Å². The summed E-state index contributed by atoms with van der Waals surface area (Å²) in [5.41, 5.74) is 0. The van der Waals surface area contributed by atoms with E-state index >= 15 is 0 Å². The SMILES string of the molecule is CNCCCNC1CC(C2CC2)NC(NC(=O)NC2CCC(Cl)C(Cl)C2)N1. The van der Waals surface area contributed by atoms with Gasteiger partial charge in [0.15, 0.2) is 0 Å². The van der Waals surface area contributed by atoms with Gasteiger partial charge in [0.1, 0.15) is 6.29 Å². The van der Waals surface area contributed by atoms with Crippen LogP contribution in [0.5, 0.6) is 0 Å². The fourth-order valence-electron chi connectivity index (χ4n) is 4.02. The zero-order valence-electron chi connectivity index (χ0n) is 16.1. The van der Waals surface area contributed by atoms with Crippen molar-refractivity contribution < 1.29 is 4.79 Å². The summed E-state index contributed by atoms with van der Waals surface area (Å²) in [6.45, 7) is 1.95. The first-order chi connectivity index (χ1) is 13.0. The molecule has 0 spiro atoms. The molecule has 156 valence electrons.